The number of H-pyrrole nitrogens is 1. The maximum Gasteiger partial charge on any atom is 0.308 e. The topological polar surface area (TPSA) is 50.2 Å². The fourth-order valence-corrected chi connectivity index (χ4v) is 1.88. The Morgan fingerprint density at radius 1 is 1.28 bits per heavy atom. The Hall–Kier alpha value is -2.43. The molecule has 0 spiro atoms. The summed E-state index contributed by atoms with van der Waals surface area (Å²) in [4.78, 5) is 15.7. The number of halogens is 1. The minimum Gasteiger partial charge on any atom is -0.289 e. The number of nitrogens with one attached hydrogen (secondary N) is 1. The van der Waals surface area contributed by atoms with Crippen molar-refractivity contribution in [1.82, 2.24) is 14.6 Å². The minimum absolute atomic E-state index is 0.110. The van der Waals surface area contributed by atoms with Gasteiger partial charge in [-0.1, -0.05) is 30.3 Å². The zero-order valence-electron chi connectivity index (χ0n) is 9.64. The van der Waals surface area contributed by atoms with E-state index in [0.29, 0.717) is 5.65 Å². The predicted octanol–water partition coefficient (Wildman–Crippen LogP) is 2.14. The first-order chi connectivity index (χ1) is 8.66. The molecule has 90 valence electrons. The van der Waals surface area contributed by atoms with E-state index >= 15 is 0 Å². The van der Waals surface area contributed by atoms with Crippen LogP contribution in [-0.4, -0.2) is 14.6 Å². The van der Waals surface area contributed by atoms with Crippen LogP contribution in [0.15, 0.2) is 41.2 Å². The van der Waals surface area contributed by atoms with Gasteiger partial charge in [0.15, 0.2) is 5.65 Å². The molecule has 0 aliphatic heterocycles. The van der Waals surface area contributed by atoms with Gasteiger partial charge >= 0.3 is 5.56 Å². The number of benzene rings is 1. The molecule has 0 saturated carbocycles. The van der Waals surface area contributed by atoms with Gasteiger partial charge < -0.3 is 0 Å². The lowest BCUT2D eigenvalue weighted by molar-refractivity contribution is 0.579. The predicted molar refractivity (Wildman–Crippen MR) is 65.9 cm³/mol. The molecule has 0 amide bonds. The van der Waals surface area contributed by atoms with Gasteiger partial charge in [0.25, 0.3) is 0 Å². The fourth-order valence-electron chi connectivity index (χ4n) is 1.88. The molecule has 4 nitrogen and oxygen atoms in total. The van der Waals surface area contributed by atoms with E-state index in [1.165, 1.54) is 6.92 Å². The van der Waals surface area contributed by atoms with Gasteiger partial charge in [0, 0.05) is 6.07 Å². The van der Waals surface area contributed by atoms with Crippen molar-refractivity contribution in [2.24, 2.45) is 0 Å². The Bertz CT molecular complexity index is 774. The first-order valence-corrected chi connectivity index (χ1v) is 5.50. The van der Waals surface area contributed by atoms with Crippen LogP contribution in [0.25, 0.3) is 16.9 Å². The Morgan fingerprint density at radius 3 is 2.72 bits per heavy atom. The Kier molecular flexibility index (Phi) is 2.26. The Morgan fingerprint density at radius 2 is 2.00 bits per heavy atom. The van der Waals surface area contributed by atoms with Crippen LogP contribution < -0.4 is 5.56 Å². The van der Waals surface area contributed by atoms with Crippen LogP contribution in [0.2, 0.25) is 0 Å². The second-order valence-electron chi connectivity index (χ2n) is 4.05. The third-order valence-corrected chi connectivity index (χ3v) is 2.81. The maximum atomic E-state index is 13.5. The minimum atomic E-state index is -0.825. The summed E-state index contributed by atoms with van der Waals surface area (Å²) in [7, 11) is 0. The highest BCUT2D eigenvalue weighted by Gasteiger charge is 2.11. The van der Waals surface area contributed by atoms with Gasteiger partial charge in [0.2, 0.25) is 5.82 Å². The summed E-state index contributed by atoms with van der Waals surface area (Å²) in [5.41, 5.74) is 1.46. The van der Waals surface area contributed by atoms with Crippen molar-refractivity contribution in [2.75, 3.05) is 0 Å². The van der Waals surface area contributed by atoms with Gasteiger partial charge in [-0.05, 0) is 12.5 Å². The van der Waals surface area contributed by atoms with Crippen LogP contribution in [0.5, 0.6) is 0 Å². The van der Waals surface area contributed by atoms with Gasteiger partial charge in [-0.2, -0.15) is 8.91 Å². The molecule has 1 aromatic carbocycles. The molecule has 0 radical (unpaired) electrons. The number of fused-ring (bicyclic) bond motifs is 1. The molecule has 2 aromatic heterocycles. The van der Waals surface area contributed by atoms with Crippen LogP contribution in [0.4, 0.5) is 4.39 Å². The Labute approximate surface area is 102 Å². The molecule has 0 fully saturated rings. The summed E-state index contributed by atoms with van der Waals surface area (Å²) in [6.07, 6.45) is 0. The normalized spacial score (nSPS) is 11.0. The lowest BCUT2D eigenvalue weighted by Crippen LogP contribution is -2.20. The summed E-state index contributed by atoms with van der Waals surface area (Å²) in [5, 5.41) is 2.85. The largest absolute Gasteiger partial charge is 0.308 e. The van der Waals surface area contributed by atoms with Gasteiger partial charge in [0.05, 0.1) is 11.4 Å². The standard InChI is InChI=1S/C13H10FN3O/c1-8-12(14)13(18)17-11(15-8)7-10(16-17)9-5-3-2-4-6-9/h2-7,16H,1H3. The van der Waals surface area contributed by atoms with E-state index in [-0.39, 0.29) is 5.69 Å². The molecule has 0 aliphatic carbocycles. The summed E-state index contributed by atoms with van der Waals surface area (Å²) in [6, 6.07) is 11.2. The summed E-state index contributed by atoms with van der Waals surface area (Å²) >= 11 is 0. The molecule has 1 N–H and O–H groups in total. The average Bonchev–Trinajstić information content (AvgIpc) is 2.81. The van der Waals surface area contributed by atoms with Gasteiger partial charge in [-0.15, -0.1) is 0 Å². The molecule has 18 heavy (non-hydrogen) atoms. The van der Waals surface area contributed by atoms with Crippen LogP contribution in [0.1, 0.15) is 5.69 Å². The number of hydrogen-bond donors (Lipinski definition) is 1. The number of rotatable bonds is 1. The molecule has 3 rings (SSSR count). The second-order valence-corrected chi connectivity index (χ2v) is 4.05. The molecule has 0 unspecified atom stereocenters. The molecular formula is C13H10FN3O. The lowest BCUT2D eigenvalue weighted by Gasteiger charge is -1.96. The Balaban J connectivity index is 2.30. The number of nitrogens with zero attached hydrogens (tertiary/aromatic N) is 2. The number of hydrogen-bond acceptors (Lipinski definition) is 2. The average molecular weight is 243 g/mol. The van der Waals surface area contributed by atoms with E-state index in [2.05, 4.69) is 10.1 Å². The van der Waals surface area contributed by atoms with E-state index in [9.17, 15) is 9.18 Å². The summed E-state index contributed by atoms with van der Waals surface area (Å²) in [6.45, 7) is 1.48. The number of aromatic amines is 1. The van der Waals surface area contributed by atoms with E-state index in [1.807, 2.05) is 30.3 Å². The smallest absolute Gasteiger partial charge is 0.289 e. The summed E-state index contributed by atoms with van der Waals surface area (Å²) in [5.74, 6) is -0.825. The molecule has 0 bridgehead atoms. The van der Waals surface area contributed by atoms with Crippen molar-refractivity contribution in [3.8, 4) is 11.3 Å². The molecule has 3 aromatic rings. The van der Waals surface area contributed by atoms with E-state index in [0.717, 1.165) is 15.8 Å². The van der Waals surface area contributed by atoms with Crippen molar-refractivity contribution in [3.05, 3.63) is 58.3 Å². The van der Waals surface area contributed by atoms with Crippen molar-refractivity contribution in [3.63, 3.8) is 0 Å². The van der Waals surface area contributed by atoms with E-state index < -0.39 is 11.4 Å². The van der Waals surface area contributed by atoms with Crippen molar-refractivity contribution in [1.29, 1.82) is 0 Å². The van der Waals surface area contributed by atoms with Crippen LogP contribution in [0, 0.1) is 12.7 Å². The number of aromatic nitrogens is 3. The van der Waals surface area contributed by atoms with Crippen molar-refractivity contribution in [2.45, 2.75) is 6.92 Å². The fraction of sp³-hybridized carbons (Fsp3) is 0.0769. The maximum absolute atomic E-state index is 13.5. The first-order valence-electron chi connectivity index (χ1n) is 5.50. The van der Waals surface area contributed by atoms with Gasteiger partial charge in [-0.3, -0.25) is 9.89 Å². The highest BCUT2D eigenvalue weighted by molar-refractivity contribution is 5.63. The van der Waals surface area contributed by atoms with Crippen LogP contribution in [-0.2, 0) is 0 Å². The first kappa shape index (κ1) is 10.7. The van der Waals surface area contributed by atoms with E-state index in [1.54, 1.807) is 6.07 Å². The van der Waals surface area contributed by atoms with Crippen molar-refractivity contribution >= 4 is 5.65 Å². The number of aryl methyl sites for hydroxylation is 1. The summed E-state index contributed by atoms with van der Waals surface area (Å²) < 4.78 is 14.6. The zero-order valence-corrected chi connectivity index (χ0v) is 9.64. The molecule has 0 aliphatic rings. The monoisotopic (exact) mass is 243 g/mol. The lowest BCUT2D eigenvalue weighted by atomic mass is 10.2. The van der Waals surface area contributed by atoms with Gasteiger partial charge in [-0.25, -0.2) is 4.98 Å². The third kappa shape index (κ3) is 1.52. The van der Waals surface area contributed by atoms with E-state index in [4.69, 9.17) is 0 Å². The highest BCUT2D eigenvalue weighted by atomic mass is 19.1. The second kappa shape index (κ2) is 3.80. The quantitative estimate of drug-likeness (QED) is 0.711. The molecule has 0 saturated heterocycles. The van der Waals surface area contributed by atoms with Gasteiger partial charge in [0.1, 0.15) is 0 Å². The molecule has 5 heteroatoms. The third-order valence-electron chi connectivity index (χ3n) is 2.81. The zero-order chi connectivity index (χ0) is 12.7. The van der Waals surface area contributed by atoms with Crippen molar-refractivity contribution < 1.29 is 4.39 Å². The highest BCUT2D eigenvalue weighted by Crippen LogP contribution is 2.17. The van der Waals surface area contributed by atoms with Crippen LogP contribution >= 0.6 is 0 Å². The molecular weight excluding hydrogens is 233 g/mol. The molecule has 0 atom stereocenters. The SMILES string of the molecule is Cc1nc2cc(-c3ccccc3)[nH]n2c(=O)c1F. The van der Waals surface area contributed by atoms with Crippen LogP contribution in [0.3, 0.4) is 0 Å². The molecule has 2 heterocycles.